The molecule has 2 saturated heterocycles. The average Bonchev–Trinajstić information content (AvgIpc) is 2.79. The number of esters is 1. The lowest BCUT2D eigenvalue weighted by Gasteiger charge is -2.36. The second-order valence-corrected chi connectivity index (χ2v) is 5.98. The van der Waals surface area contributed by atoms with Crippen LogP contribution in [0.5, 0.6) is 5.75 Å². The van der Waals surface area contributed by atoms with Crippen LogP contribution in [-0.4, -0.2) is 59.2 Å². The summed E-state index contributed by atoms with van der Waals surface area (Å²) < 4.78 is 5.24. The van der Waals surface area contributed by atoms with Crippen molar-refractivity contribution in [3.8, 4) is 5.75 Å². The molecule has 1 aromatic carbocycles. The molecule has 2 aliphatic rings. The highest BCUT2D eigenvalue weighted by Gasteiger charge is 2.37. The fraction of sp³-hybridized carbons (Fsp3) is 0.562. The molecule has 0 aliphatic carbocycles. The third-order valence-corrected chi connectivity index (χ3v) is 4.31. The van der Waals surface area contributed by atoms with Crippen LogP contribution in [0.15, 0.2) is 24.3 Å². The zero-order chi connectivity index (χ0) is 14.8. The summed E-state index contributed by atoms with van der Waals surface area (Å²) in [5.41, 5.74) is 1.12. The zero-order valence-electron chi connectivity index (χ0n) is 12.4. The number of ether oxygens (including phenoxy) is 1. The average molecular weight is 290 g/mol. The van der Waals surface area contributed by atoms with Gasteiger partial charge in [-0.2, -0.15) is 0 Å². The van der Waals surface area contributed by atoms with Gasteiger partial charge in [-0.05, 0) is 24.6 Å². The third-order valence-electron chi connectivity index (χ3n) is 4.31. The molecule has 0 unspecified atom stereocenters. The van der Waals surface area contributed by atoms with E-state index in [1.165, 1.54) is 0 Å². The molecule has 2 fully saturated rings. The Kier molecular flexibility index (Phi) is 4.12. The van der Waals surface area contributed by atoms with Gasteiger partial charge in [0.05, 0.1) is 0 Å². The molecule has 2 aliphatic heterocycles. The van der Waals surface area contributed by atoms with Gasteiger partial charge in [-0.15, -0.1) is 0 Å². The van der Waals surface area contributed by atoms with Crippen molar-refractivity contribution in [2.24, 2.45) is 0 Å². The van der Waals surface area contributed by atoms with E-state index in [1.54, 1.807) is 6.07 Å². The van der Waals surface area contributed by atoms with E-state index in [4.69, 9.17) is 4.74 Å². The lowest BCUT2D eigenvalue weighted by Crippen LogP contribution is -2.51. The summed E-state index contributed by atoms with van der Waals surface area (Å²) in [4.78, 5) is 16.4. The maximum absolute atomic E-state index is 11.8. The normalized spacial score (nSPS) is 27.8. The van der Waals surface area contributed by atoms with E-state index >= 15 is 0 Å². The highest BCUT2D eigenvalue weighted by atomic mass is 16.6. The molecule has 21 heavy (non-hydrogen) atoms. The van der Waals surface area contributed by atoms with Crippen molar-refractivity contribution >= 4 is 5.97 Å². The van der Waals surface area contributed by atoms with E-state index in [1.807, 2.05) is 25.1 Å². The topological polar surface area (TPSA) is 53.0 Å². The summed E-state index contributed by atoms with van der Waals surface area (Å²) in [5.74, 6) is 0.248. The highest BCUT2D eigenvalue weighted by molar-refractivity contribution is 5.78. The second-order valence-electron chi connectivity index (χ2n) is 5.98. The molecule has 1 aromatic rings. The summed E-state index contributed by atoms with van der Waals surface area (Å²) >= 11 is 0. The first-order valence-electron chi connectivity index (χ1n) is 7.56. The van der Waals surface area contributed by atoms with E-state index < -0.39 is 0 Å². The van der Waals surface area contributed by atoms with Crippen LogP contribution < -0.4 is 0 Å². The number of phenolic OH excluding ortho intramolecular Hbond substituents is 1. The molecule has 2 atom stereocenters. The van der Waals surface area contributed by atoms with Gasteiger partial charge in [-0.1, -0.05) is 12.1 Å². The van der Waals surface area contributed by atoms with E-state index in [9.17, 15) is 9.90 Å². The number of aromatic hydroxyl groups is 1. The first kappa shape index (κ1) is 14.4. The lowest BCUT2D eigenvalue weighted by molar-refractivity contribution is -0.145. The predicted octanol–water partition coefficient (Wildman–Crippen LogP) is 1.21. The molecule has 0 spiro atoms. The summed E-state index contributed by atoms with van der Waals surface area (Å²) in [5, 5.41) is 9.50. The standard InChI is InChI=1S/C16H22N2O3/c1-12-9-15(16(20)21-12)18-7-5-17(6-8-18)11-13-3-2-4-14(19)10-13/h2-4,10,12,15,19H,5-9,11H2,1H3/t12-,15+/m1/s1. The second kappa shape index (κ2) is 6.03. The lowest BCUT2D eigenvalue weighted by atomic mass is 10.1. The zero-order valence-corrected chi connectivity index (χ0v) is 12.4. The SMILES string of the molecule is C[C@@H]1C[C@H](N2CCN(Cc3cccc(O)c3)CC2)C(=O)O1. The van der Waals surface area contributed by atoms with Crippen LogP contribution in [-0.2, 0) is 16.1 Å². The van der Waals surface area contributed by atoms with Gasteiger partial charge in [-0.25, -0.2) is 0 Å². The minimum atomic E-state index is -0.0658. The Morgan fingerprint density at radius 2 is 2.05 bits per heavy atom. The summed E-state index contributed by atoms with van der Waals surface area (Å²) in [6.45, 7) is 6.46. The molecule has 0 amide bonds. The predicted molar refractivity (Wildman–Crippen MR) is 78.9 cm³/mol. The third kappa shape index (κ3) is 3.36. The first-order valence-corrected chi connectivity index (χ1v) is 7.56. The molecule has 114 valence electrons. The number of hydrogen-bond acceptors (Lipinski definition) is 5. The van der Waals surface area contributed by atoms with Gasteiger partial charge in [0.2, 0.25) is 0 Å². The molecular weight excluding hydrogens is 268 g/mol. The van der Waals surface area contributed by atoms with E-state index in [0.29, 0.717) is 5.75 Å². The van der Waals surface area contributed by atoms with Gasteiger partial charge < -0.3 is 9.84 Å². The van der Waals surface area contributed by atoms with Crippen molar-refractivity contribution in [2.75, 3.05) is 26.2 Å². The number of hydrogen-bond donors (Lipinski definition) is 1. The summed E-state index contributed by atoms with van der Waals surface area (Å²) in [7, 11) is 0. The molecule has 0 saturated carbocycles. The molecule has 3 rings (SSSR count). The first-order chi connectivity index (χ1) is 10.1. The number of rotatable bonds is 3. The Morgan fingerprint density at radius 1 is 1.29 bits per heavy atom. The van der Waals surface area contributed by atoms with E-state index in [-0.39, 0.29) is 18.1 Å². The van der Waals surface area contributed by atoms with Crippen LogP contribution in [0, 0.1) is 0 Å². The fourth-order valence-corrected chi connectivity index (χ4v) is 3.18. The van der Waals surface area contributed by atoms with Crippen molar-refractivity contribution in [1.82, 2.24) is 9.80 Å². The number of phenols is 1. The van der Waals surface area contributed by atoms with Crippen LogP contribution in [0.4, 0.5) is 0 Å². The number of carbonyl (C=O) groups is 1. The number of cyclic esters (lactones) is 1. The molecule has 2 heterocycles. The van der Waals surface area contributed by atoms with Gasteiger partial charge in [-0.3, -0.25) is 14.6 Å². The molecular formula is C16H22N2O3. The van der Waals surface area contributed by atoms with Crippen LogP contribution in [0.25, 0.3) is 0 Å². The van der Waals surface area contributed by atoms with Crippen molar-refractivity contribution in [2.45, 2.75) is 32.0 Å². The maximum atomic E-state index is 11.8. The molecule has 0 aromatic heterocycles. The molecule has 5 heteroatoms. The van der Waals surface area contributed by atoms with Crippen molar-refractivity contribution in [3.05, 3.63) is 29.8 Å². The maximum Gasteiger partial charge on any atom is 0.323 e. The smallest absolute Gasteiger partial charge is 0.323 e. The quantitative estimate of drug-likeness (QED) is 0.848. The fourth-order valence-electron chi connectivity index (χ4n) is 3.18. The van der Waals surface area contributed by atoms with Crippen molar-refractivity contribution < 1.29 is 14.6 Å². The van der Waals surface area contributed by atoms with Gasteiger partial charge in [0, 0.05) is 39.1 Å². The summed E-state index contributed by atoms with van der Waals surface area (Å²) in [6, 6.07) is 7.35. The number of piperazine rings is 1. The van der Waals surface area contributed by atoms with Gasteiger partial charge >= 0.3 is 5.97 Å². The van der Waals surface area contributed by atoms with Gasteiger partial charge in [0.25, 0.3) is 0 Å². The van der Waals surface area contributed by atoms with Gasteiger partial charge in [0.1, 0.15) is 17.9 Å². The highest BCUT2D eigenvalue weighted by Crippen LogP contribution is 2.22. The molecule has 5 nitrogen and oxygen atoms in total. The van der Waals surface area contributed by atoms with Crippen molar-refractivity contribution in [1.29, 1.82) is 0 Å². The monoisotopic (exact) mass is 290 g/mol. The molecule has 0 bridgehead atoms. The Balaban J connectivity index is 1.52. The van der Waals surface area contributed by atoms with Gasteiger partial charge in [0.15, 0.2) is 0 Å². The number of benzene rings is 1. The molecule has 0 radical (unpaired) electrons. The Hall–Kier alpha value is -1.59. The number of nitrogens with zero attached hydrogens (tertiary/aromatic N) is 2. The Labute approximate surface area is 125 Å². The Morgan fingerprint density at radius 3 is 2.67 bits per heavy atom. The summed E-state index contributed by atoms with van der Waals surface area (Å²) in [6.07, 6.45) is 0.860. The van der Waals surface area contributed by atoms with E-state index in [0.717, 1.165) is 44.7 Å². The van der Waals surface area contributed by atoms with Crippen LogP contribution in [0.3, 0.4) is 0 Å². The van der Waals surface area contributed by atoms with Crippen LogP contribution in [0.1, 0.15) is 18.9 Å². The minimum absolute atomic E-state index is 0.0489. The Bertz CT molecular complexity index is 512. The number of carbonyl (C=O) groups excluding carboxylic acids is 1. The minimum Gasteiger partial charge on any atom is -0.508 e. The van der Waals surface area contributed by atoms with Crippen molar-refractivity contribution in [3.63, 3.8) is 0 Å². The van der Waals surface area contributed by atoms with Crippen LogP contribution in [0.2, 0.25) is 0 Å². The van der Waals surface area contributed by atoms with E-state index in [2.05, 4.69) is 9.80 Å². The van der Waals surface area contributed by atoms with Crippen LogP contribution >= 0.6 is 0 Å². The largest absolute Gasteiger partial charge is 0.508 e. The molecule has 1 N–H and O–H groups in total.